The number of para-hydroxylation sites is 1. The van der Waals surface area contributed by atoms with Crippen molar-refractivity contribution >= 4 is 50.3 Å². The van der Waals surface area contributed by atoms with Gasteiger partial charge in [-0.2, -0.15) is 0 Å². The number of aliphatic imine (C=N–C) groups is 2. The Morgan fingerprint density at radius 2 is 1.09 bits per heavy atom. The average molecular weight is 697 g/mol. The van der Waals surface area contributed by atoms with Crippen molar-refractivity contribution in [3.63, 3.8) is 0 Å². The van der Waals surface area contributed by atoms with Gasteiger partial charge in [0.25, 0.3) is 0 Å². The molecule has 6 nitrogen and oxygen atoms in total. The number of hydrogen-bond donors (Lipinski definition) is 1. The van der Waals surface area contributed by atoms with Gasteiger partial charge in [0, 0.05) is 47.0 Å². The molecule has 0 bridgehead atoms. The highest BCUT2D eigenvalue weighted by molar-refractivity contribution is 6.22. The number of fused-ring (bicyclic) bond motifs is 6. The molecule has 2 unspecified atom stereocenters. The number of nitrogens with one attached hydrogen (secondary N) is 1. The highest BCUT2D eigenvalue weighted by Crippen LogP contribution is 2.55. The molecular weight excluding hydrogens is 661 g/mol. The van der Waals surface area contributed by atoms with Crippen LogP contribution in [0.1, 0.15) is 34.6 Å². The molecular formula is C48H36N6. The third kappa shape index (κ3) is 5.39. The normalized spacial score (nSPS) is 16.5. The number of pyridine rings is 1. The molecule has 3 heterocycles. The molecule has 0 amide bonds. The van der Waals surface area contributed by atoms with Gasteiger partial charge in [-0.1, -0.05) is 152 Å². The van der Waals surface area contributed by atoms with Gasteiger partial charge in [0.1, 0.15) is 18.2 Å². The number of anilines is 3. The quantitative estimate of drug-likeness (QED) is 0.176. The Hall–Kier alpha value is -7.05. The SMILES string of the molecule is CN1c2c(c3cnccc3c3ccccc23)N(c2ccccc2)C1c1ccc(-c2ccc(C3=NC(c4ccccc4)NC(c4ccccc4)=N3)cc2)cc1. The smallest absolute Gasteiger partial charge is 0.159 e. The van der Waals surface area contributed by atoms with Crippen molar-refractivity contribution in [3.05, 3.63) is 205 Å². The monoisotopic (exact) mass is 696 g/mol. The average Bonchev–Trinajstić information content (AvgIpc) is 3.57. The van der Waals surface area contributed by atoms with E-state index in [1.54, 1.807) is 0 Å². The Morgan fingerprint density at radius 1 is 0.500 bits per heavy atom. The van der Waals surface area contributed by atoms with Crippen LogP contribution in [-0.2, 0) is 0 Å². The lowest BCUT2D eigenvalue weighted by atomic mass is 9.99. The van der Waals surface area contributed by atoms with E-state index in [0.717, 1.165) is 44.7 Å². The van der Waals surface area contributed by atoms with Crippen LogP contribution in [0.2, 0.25) is 0 Å². The molecule has 8 aromatic rings. The van der Waals surface area contributed by atoms with Crippen LogP contribution < -0.4 is 15.1 Å². The minimum Gasteiger partial charge on any atom is -0.348 e. The van der Waals surface area contributed by atoms with Gasteiger partial charge < -0.3 is 15.1 Å². The van der Waals surface area contributed by atoms with Crippen molar-refractivity contribution in [2.24, 2.45) is 9.98 Å². The van der Waals surface area contributed by atoms with Gasteiger partial charge in [-0.15, -0.1) is 0 Å². The van der Waals surface area contributed by atoms with Crippen LogP contribution in [0.4, 0.5) is 17.1 Å². The maximum absolute atomic E-state index is 5.06. The van der Waals surface area contributed by atoms with E-state index in [9.17, 15) is 0 Å². The van der Waals surface area contributed by atoms with E-state index in [1.807, 2.05) is 48.8 Å². The Bertz CT molecular complexity index is 2690. The van der Waals surface area contributed by atoms with Crippen LogP contribution in [0.25, 0.3) is 32.7 Å². The molecule has 0 radical (unpaired) electrons. The zero-order chi connectivity index (χ0) is 36.0. The molecule has 2 atom stereocenters. The van der Waals surface area contributed by atoms with Gasteiger partial charge in [0.15, 0.2) is 5.84 Å². The molecule has 10 rings (SSSR count). The molecule has 2 aliphatic rings. The van der Waals surface area contributed by atoms with Crippen molar-refractivity contribution in [1.29, 1.82) is 0 Å². The van der Waals surface area contributed by atoms with Crippen LogP contribution >= 0.6 is 0 Å². The standard InChI is InChI=1S/C48H36N6/c1-53-43-41-20-12-11-19-39(41)40-29-30-49-31-42(40)44(43)54(38-17-9-4-10-18-38)48(53)37-27-23-33(24-28-37)32-21-25-36(26-22-32)47-51-45(34-13-5-2-6-14-34)50-46(52-47)35-15-7-3-8-16-35/h2-31,45,48H,1H3,(H,50,51,52). The Labute approximate surface area is 314 Å². The fraction of sp³-hybridized carbons (Fsp3) is 0.0625. The maximum Gasteiger partial charge on any atom is 0.159 e. The molecule has 2 aliphatic heterocycles. The van der Waals surface area contributed by atoms with Gasteiger partial charge in [0.05, 0.1) is 11.4 Å². The first-order valence-corrected chi connectivity index (χ1v) is 18.3. The van der Waals surface area contributed by atoms with Crippen LogP contribution in [-0.4, -0.2) is 23.7 Å². The molecule has 0 saturated carbocycles. The maximum atomic E-state index is 5.06. The first-order valence-electron chi connectivity index (χ1n) is 18.3. The highest BCUT2D eigenvalue weighted by atomic mass is 15.4. The van der Waals surface area contributed by atoms with Crippen molar-refractivity contribution in [2.45, 2.75) is 12.3 Å². The number of aromatic nitrogens is 1. The molecule has 1 aromatic heterocycles. The van der Waals surface area contributed by atoms with E-state index in [0.29, 0.717) is 5.84 Å². The molecule has 54 heavy (non-hydrogen) atoms. The molecule has 1 N–H and O–H groups in total. The Morgan fingerprint density at radius 3 is 1.81 bits per heavy atom. The van der Waals surface area contributed by atoms with Gasteiger partial charge in [-0.05, 0) is 51.2 Å². The number of benzene rings is 7. The van der Waals surface area contributed by atoms with Gasteiger partial charge in [-0.3, -0.25) is 4.98 Å². The first kappa shape index (κ1) is 31.7. The van der Waals surface area contributed by atoms with Gasteiger partial charge in [0.2, 0.25) is 0 Å². The lowest BCUT2D eigenvalue weighted by Crippen LogP contribution is -2.33. The van der Waals surface area contributed by atoms with E-state index in [1.165, 1.54) is 33.1 Å². The lowest BCUT2D eigenvalue weighted by molar-refractivity contribution is 0.674. The highest BCUT2D eigenvalue weighted by Gasteiger charge is 2.39. The topological polar surface area (TPSA) is 56.1 Å². The molecule has 0 spiro atoms. The number of nitrogens with zero attached hydrogens (tertiary/aromatic N) is 5. The largest absolute Gasteiger partial charge is 0.348 e. The summed E-state index contributed by atoms with van der Waals surface area (Å²) in [4.78, 5) is 19.5. The fourth-order valence-corrected chi connectivity index (χ4v) is 8.03. The van der Waals surface area contributed by atoms with E-state index in [-0.39, 0.29) is 12.3 Å². The number of amidine groups is 2. The van der Waals surface area contributed by atoms with Crippen LogP contribution in [0.3, 0.4) is 0 Å². The zero-order valence-electron chi connectivity index (χ0n) is 29.7. The van der Waals surface area contributed by atoms with Crippen molar-refractivity contribution in [2.75, 3.05) is 16.8 Å². The summed E-state index contributed by atoms with van der Waals surface area (Å²) in [5.74, 6) is 1.53. The zero-order valence-corrected chi connectivity index (χ0v) is 29.7. The summed E-state index contributed by atoms with van der Waals surface area (Å²) < 4.78 is 0. The molecule has 0 fully saturated rings. The third-order valence-corrected chi connectivity index (χ3v) is 10.6. The van der Waals surface area contributed by atoms with Gasteiger partial charge >= 0.3 is 0 Å². The minimum absolute atomic E-state index is 0.0554. The second kappa shape index (κ2) is 13.2. The summed E-state index contributed by atoms with van der Waals surface area (Å²) in [6, 6.07) is 59.7. The fourth-order valence-electron chi connectivity index (χ4n) is 8.03. The summed E-state index contributed by atoms with van der Waals surface area (Å²) in [6.45, 7) is 0. The number of rotatable bonds is 6. The van der Waals surface area contributed by atoms with E-state index >= 15 is 0 Å². The summed E-state index contributed by atoms with van der Waals surface area (Å²) in [6.07, 6.45) is 3.63. The van der Waals surface area contributed by atoms with Crippen molar-refractivity contribution in [1.82, 2.24) is 10.3 Å². The second-order valence-corrected chi connectivity index (χ2v) is 13.8. The molecule has 7 aromatic carbocycles. The Balaban J connectivity index is 1.00. The molecule has 0 saturated heterocycles. The molecule has 0 aliphatic carbocycles. The summed E-state index contributed by atoms with van der Waals surface area (Å²) in [5.41, 5.74) is 10.1. The van der Waals surface area contributed by atoms with Gasteiger partial charge in [-0.25, -0.2) is 9.98 Å². The summed E-state index contributed by atoms with van der Waals surface area (Å²) >= 11 is 0. The lowest BCUT2D eigenvalue weighted by Gasteiger charge is -2.31. The van der Waals surface area contributed by atoms with Crippen LogP contribution in [0.15, 0.2) is 192 Å². The van der Waals surface area contributed by atoms with E-state index < -0.39 is 0 Å². The summed E-state index contributed by atoms with van der Waals surface area (Å²) in [5, 5.41) is 8.38. The van der Waals surface area contributed by atoms with Crippen LogP contribution in [0.5, 0.6) is 0 Å². The predicted octanol–water partition coefficient (Wildman–Crippen LogP) is 10.8. The molecule has 258 valence electrons. The predicted molar refractivity (Wildman–Crippen MR) is 223 cm³/mol. The minimum atomic E-state index is -0.233. The third-order valence-electron chi connectivity index (χ3n) is 10.6. The van der Waals surface area contributed by atoms with Crippen molar-refractivity contribution < 1.29 is 0 Å². The molecule has 6 heteroatoms. The summed E-state index contributed by atoms with van der Waals surface area (Å²) in [7, 11) is 2.21. The van der Waals surface area contributed by atoms with Crippen LogP contribution in [0, 0.1) is 0 Å². The second-order valence-electron chi connectivity index (χ2n) is 13.8. The van der Waals surface area contributed by atoms with E-state index in [4.69, 9.17) is 9.98 Å². The number of hydrogen-bond acceptors (Lipinski definition) is 6. The van der Waals surface area contributed by atoms with E-state index in [2.05, 4.69) is 161 Å². The first-order chi connectivity index (χ1) is 26.7. The Kier molecular flexibility index (Phi) is 7.73. The van der Waals surface area contributed by atoms with Crippen molar-refractivity contribution in [3.8, 4) is 11.1 Å².